The van der Waals surface area contributed by atoms with E-state index in [4.69, 9.17) is 5.73 Å². The first-order chi connectivity index (χ1) is 8.90. The number of halogens is 2. The summed E-state index contributed by atoms with van der Waals surface area (Å²) in [5.74, 6) is -0.174. The molecule has 3 heteroatoms. The lowest BCUT2D eigenvalue weighted by Gasteiger charge is -2.34. The number of hydrogen-bond acceptors (Lipinski definition) is 1. The van der Waals surface area contributed by atoms with Crippen LogP contribution in [0.4, 0.5) is 10.1 Å². The molecular weight excluding hydrogens is 273 g/mol. The molecule has 2 N–H and O–H groups in total. The maximum atomic E-state index is 13.8. The second-order valence-corrected chi connectivity index (χ2v) is 6.35. The molecule has 0 amide bonds. The Kier molecular flexibility index (Phi) is 5.64. The third-order valence-corrected chi connectivity index (χ3v) is 4.41. The van der Waals surface area contributed by atoms with Crippen LogP contribution in [0.1, 0.15) is 52.0 Å². The van der Waals surface area contributed by atoms with E-state index < -0.39 is 0 Å². The van der Waals surface area contributed by atoms with Crippen LogP contribution < -0.4 is 5.73 Å². The molecule has 1 aromatic rings. The minimum atomic E-state index is -0.174. The summed E-state index contributed by atoms with van der Waals surface area (Å²) < 4.78 is 13.8. The van der Waals surface area contributed by atoms with Crippen molar-refractivity contribution in [2.75, 3.05) is 5.73 Å². The van der Waals surface area contributed by atoms with Crippen molar-refractivity contribution in [3.63, 3.8) is 0 Å². The van der Waals surface area contributed by atoms with Gasteiger partial charge in [-0.1, -0.05) is 31.1 Å². The van der Waals surface area contributed by atoms with E-state index in [1.54, 1.807) is 6.07 Å². The zero-order valence-electron chi connectivity index (χ0n) is 12.6. The first-order valence-corrected chi connectivity index (χ1v) is 7.13. The monoisotopic (exact) mass is 297 g/mol. The number of nitrogens with two attached hydrogens (primary N) is 1. The number of rotatable bonds is 3. The van der Waals surface area contributed by atoms with E-state index >= 15 is 0 Å². The van der Waals surface area contributed by atoms with E-state index in [1.165, 1.54) is 36.5 Å². The van der Waals surface area contributed by atoms with Gasteiger partial charge in [-0.25, -0.2) is 4.39 Å². The lowest BCUT2D eigenvalue weighted by atomic mass is 9.71. The Balaban J connectivity index is 0.00000200. The van der Waals surface area contributed by atoms with Gasteiger partial charge in [-0.15, -0.1) is 12.4 Å². The van der Waals surface area contributed by atoms with Crippen LogP contribution in [0.3, 0.4) is 0 Å². The predicted molar refractivity (Wildman–Crippen MR) is 86.7 cm³/mol. The van der Waals surface area contributed by atoms with Crippen molar-refractivity contribution in [2.24, 2.45) is 5.41 Å². The standard InChI is InChI=1S/C17H24FN.ClH/c1-12-5-4-10-17(2,3)15(12)9-7-13-6-8-14(19)11-16(13)18;/h6,8,11H,4-5,7,9-10,19H2,1-3H3;1H. The summed E-state index contributed by atoms with van der Waals surface area (Å²) in [5, 5.41) is 0. The summed E-state index contributed by atoms with van der Waals surface area (Å²) in [5.41, 5.74) is 10.2. The number of anilines is 1. The summed E-state index contributed by atoms with van der Waals surface area (Å²) >= 11 is 0. The number of nitrogen functional groups attached to an aromatic ring is 1. The minimum Gasteiger partial charge on any atom is -0.399 e. The van der Waals surface area contributed by atoms with Crippen molar-refractivity contribution >= 4 is 18.1 Å². The third-order valence-electron chi connectivity index (χ3n) is 4.41. The topological polar surface area (TPSA) is 26.0 Å². The van der Waals surface area contributed by atoms with Crippen LogP contribution in [0.15, 0.2) is 29.3 Å². The molecule has 0 radical (unpaired) electrons. The Morgan fingerprint density at radius 2 is 1.95 bits per heavy atom. The van der Waals surface area contributed by atoms with Crippen molar-refractivity contribution in [1.82, 2.24) is 0 Å². The average molecular weight is 298 g/mol. The van der Waals surface area contributed by atoms with Gasteiger partial charge in [-0.2, -0.15) is 0 Å². The van der Waals surface area contributed by atoms with Crippen LogP contribution in [0.2, 0.25) is 0 Å². The fraction of sp³-hybridized carbons (Fsp3) is 0.529. The summed E-state index contributed by atoms with van der Waals surface area (Å²) in [4.78, 5) is 0. The van der Waals surface area contributed by atoms with Gasteiger partial charge in [0.25, 0.3) is 0 Å². The maximum Gasteiger partial charge on any atom is 0.128 e. The Hall–Kier alpha value is -1.02. The molecule has 0 aromatic heterocycles. The van der Waals surface area contributed by atoms with Gasteiger partial charge in [-0.05, 0) is 62.1 Å². The van der Waals surface area contributed by atoms with Gasteiger partial charge in [0.2, 0.25) is 0 Å². The Morgan fingerprint density at radius 3 is 2.55 bits per heavy atom. The average Bonchev–Trinajstić information content (AvgIpc) is 2.30. The second-order valence-electron chi connectivity index (χ2n) is 6.35. The maximum absolute atomic E-state index is 13.8. The van der Waals surface area contributed by atoms with Crippen LogP contribution in [0.25, 0.3) is 0 Å². The van der Waals surface area contributed by atoms with Gasteiger partial charge in [0.1, 0.15) is 5.82 Å². The molecule has 0 bridgehead atoms. The molecule has 2 rings (SSSR count). The zero-order chi connectivity index (χ0) is 14.0. The smallest absolute Gasteiger partial charge is 0.128 e. The van der Waals surface area contributed by atoms with E-state index in [1.807, 2.05) is 6.07 Å². The highest BCUT2D eigenvalue weighted by Gasteiger charge is 2.27. The van der Waals surface area contributed by atoms with E-state index in [9.17, 15) is 4.39 Å². The molecule has 0 atom stereocenters. The molecule has 0 saturated heterocycles. The largest absolute Gasteiger partial charge is 0.399 e. The summed E-state index contributed by atoms with van der Waals surface area (Å²) in [6.07, 6.45) is 5.44. The first kappa shape index (κ1) is 17.0. The van der Waals surface area contributed by atoms with Crippen molar-refractivity contribution in [3.8, 4) is 0 Å². The third kappa shape index (κ3) is 3.76. The van der Waals surface area contributed by atoms with Gasteiger partial charge in [0.15, 0.2) is 0 Å². The Labute approximate surface area is 127 Å². The van der Waals surface area contributed by atoms with Gasteiger partial charge in [-0.3, -0.25) is 0 Å². The molecule has 0 fully saturated rings. The van der Waals surface area contributed by atoms with Crippen LogP contribution in [-0.2, 0) is 6.42 Å². The molecule has 1 aliphatic carbocycles. The molecule has 0 unspecified atom stereocenters. The van der Waals surface area contributed by atoms with Gasteiger partial charge in [0.05, 0.1) is 0 Å². The normalized spacial score (nSPS) is 17.8. The molecule has 0 spiro atoms. The van der Waals surface area contributed by atoms with Gasteiger partial charge < -0.3 is 5.73 Å². The number of hydrogen-bond donors (Lipinski definition) is 1. The summed E-state index contributed by atoms with van der Waals surface area (Å²) in [7, 11) is 0. The van der Waals surface area contributed by atoms with Crippen LogP contribution in [0.5, 0.6) is 0 Å². The van der Waals surface area contributed by atoms with E-state index in [0.717, 1.165) is 18.4 Å². The Morgan fingerprint density at radius 1 is 1.25 bits per heavy atom. The minimum absolute atomic E-state index is 0. The van der Waals surface area contributed by atoms with Crippen molar-refractivity contribution < 1.29 is 4.39 Å². The molecule has 112 valence electrons. The van der Waals surface area contributed by atoms with Crippen molar-refractivity contribution in [2.45, 2.75) is 52.9 Å². The predicted octanol–water partition coefficient (Wildman–Crippen LogP) is 5.29. The molecule has 0 aliphatic heterocycles. The molecular formula is C17H25ClFN. The quantitative estimate of drug-likeness (QED) is 0.595. The molecule has 1 nitrogen and oxygen atoms in total. The van der Waals surface area contributed by atoms with Crippen LogP contribution in [0, 0.1) is 11.2 Å². The highest BCUT2D eigenvalue weighted by atomic mass is 35.5. The first-order valence-electron chi connectivity index (χ1n) is 7.13. The van der Waals surface area contributed by atoms with Crippen LogP contribution in [-0.4, -0.2) is 0 Å². The SMILES string of the molecule is CC1=C(CCc2ccc(N)cc2F)C(C)(C)CCC1.Cl. The van der Waals surface area contributed by atoms with Gasteiger partial charge >= 0.3 is 0 Å². The molecule has 1 aliphatic rings. The van der Waals surface area contributed by atoms with Crippen molar-refractivity contribution in [3.05, 3.63) is 40.7 Å². The van der Waals surface area contributed by atoms with Crippen molar-refractivity contribution in [1.29, 1.82) is 0 Å². The molecule has 0 heterocycles. The second kappa shape index (κ2) is 6.62. The van der Waals surface area contributed by atoms with Crippen LogP contribution >= 0.6 is 12.4 Å². The van der Waals surface area contributed by atoms with E-state index in [-0.39, 0.29) is 23.6 Å². The lowest BCUT2D eigenvalue weighted by molar-refractivity contribution is 0.354. The zero-order valence-corrected chi connectivity index (χ0v) is 13.4. The highest BCUT2D eigenvalue weighted by Crippen LogP contribution is 2.42. The van der Waals surface area contributed by atoms with E-state index in [0.29, 0.717) is 5.69 Å². The molecule has 20 heavy (non-hydrogen) atoms. The highest BCUT2D eigenvalue weighted by molar-refractivity contribution is 5.85. The Bertz CT molecular complexity index is 506. The number of aryl methyl sites for hydroxylation is 1. The number of allylic oxidation sites excluding steroid dienone is 2. The molecule has 1 aromatic carbocycles. The summed E-state index contributed by atoms with van der Waals surface area (Å²) in [6, 6.07) is 5.02. The molecule has 0 saturated carbocycles. The lowest BCUT2D eigenvalue weighted by Crippen LogP contribution is -2.21. The fourth-order valence-corrected chi connectivity index (χ4v) is 3.25. The number of benzene rings is 1. The summed E-state index contributed by atoms with van der Waals surface area (Å²) in [6.45, 7) is 6.85. The fourth-order valence-electron chi connectivity index (χ4n) is 3.25. The van der Waals surface area contributed by atoms with E-state index in [2.05, 4.69) is 20.8 Å². The van der Waals surface area contributed by atoms with Gasteiger partial charge in [0, 0.05) is 5.69 Å².